The van der Waals surface area contributed by atoms with Gasteiger partial charge in [-0.15, -0.1) is 0 Å². The monoisotopic (exact) mass is 332 g/mol. The van der Waals surface area contributed by atoms with Crippen molar-refractivity contribution in [3.8, 4) is 0 Å². The van der Waals surface area contributed by atoms with Gasteiger partial charge in [-0.05, 0) is 12.8 Å². The lowest BCUT2D eigenvalue weighted by atomic mass is 9.95. The highest BCUT2D eigenvalue weighted by Crippen LogP contribution is 2.21. The third-order valence-corrected chi connectivity index (χ3v) is 4.55. The van der Waals surface area contributed by atoms with Gasteiger partial charge in [0.2, 0.25) is 0 Å². The summed E-state index contributed by atoms with van der Waals surface area (Å²) in [6.45, 7) is 6.27. The molecule has 3 rings (SSSR count). The molecule has 0 saturated carbocycles. The Bertz CT molecular complexity index is 747. The molecular formula is C17H26N5O2+. The molecule has 24 heavy (non-hydrogen) atoms. The topological polar surface area (TPSA) is 85.1 Å². The molecule has 1 saturated heterocycles. The summed E-state index contributed by atoms with van der Waals surface area (Å²) in [7, 11) is 1.96. The molecule has 0 atom stereocenters. The minimum absolute atomic E-state index is 0.0213. The molecule has 1 aliphatic rings. The summed E-state index contributed by atoms with van der Waals surface area (Å²) < 4.78 is 1.98. The van der Waals surface area contributed by atoms with Crippen molar-refractivity contribution in [3.05, 3.63) is 18.0 Å². The summed E-state index contributed by atoms with van der Waals surface area (Å²) in [5.41, 5.74) is 1.70. The number of anilines is 1. The molecule has 0 radical (unpaired) electrons. The second kappa shape index (κ2) is 6.39. The molecule has 3 N–H and O–H groups in total. The van der Waals surface area contributed by atoms with Crippen LogP contribution in [0.5, 0.6) is 0 Å². The largest absolute Gasteiger partial charge is 0.396 e. The van der Waals surface area contributed by atoms with Crippen LogP contribution >= 0.6 is 0 Å². The first kappa shape index (κ1) is 16.7. The van der Waals surface area contributed by atoms with Crippen LogP contribution in [-0.2, 0) is 7.05 Å². The summed E-state index contributed by atoms with van der Waals surface area (Å²) >= 11 is 0. The number of carbonyl (C=O) groups excluding carboxylic acids is 1. The molecule has 0 unspecified atom stereocenters. The summed E-state index contributed by atoms with van der Waals surface area (Å²) in [6, 6.07) is 0. The smallest absolute Gasteiger partial charge is 0.306 e. The van der Waals surface area contributed by atoms with E-state index >= 15 is 0 Å². The van der Waals surface area contributed by atoms with Crippen LogP contribution in [0.15, 0.2) is 12.4 Å². The predicted molar refractivity (Wildman–Crippen MR) is 91.9 cm³/mol. The van der Waals surface area contributed by atoms with Crippen molar-refractivity contribution >= 4 is 22.9 Å². The van der Waals surface area contributed by atoms with Crippen molar-refractivity contribution < 1.29 is 14.5 Å². The van der Waals surface area contributed by atoms with Gasteiger partial charge in [-0.1, -0.05) is 13.8 Å². The number of rotatable bonds is 5. The number of nitrogens with one attached hydrogen (secondary N) is 2. The Kier molecular flexibility index (Phi) is 4.45. The van der Waals surface area contributed by atoms with Gasteiger partial charge in [0.25, 0.3) is 5.91 Å². The molecule has 2 aromatic heterocycles. The second-order valence-corrected chi connectivity index (χ2v) is 7.31. The molecule has 0 aromatic carbocycles. The number of aryl methyl sites for hydroxylation is 1. The first-order chi connectivity index (χ1) is 11.4. The Morgan fingerprint density at radius 2 is 2.17 bits per heavy atom. The first-order valence-electron chi connectivity index (χ1n) is 8.43. The summed E-state index contributed by atoms with van der Waals surface area (Å²) in [5, 5.41) is 12.2. The second-order valence-electron chi connectivity index (χ2n) is 7.31. The van der Waals surface area contributed by atoms with Gasteiger partial charge in [0, 0.05) is 31.7 Å². The normalized spacial score (nSPS) is 15.2. The number of aliphatic hydroxyl groups excluding tert-OH is 1. The minimum Gasteiger partial charge on any atom is -0.396 e. The van der Waals surface area contributed by atoms with Gasteiger partial charge in [-0.2, -0.15) is 0 Å². The van der Waals surface area contributed by atoms with E-state index in [1.54, 1.807) is 6.20 Å². The number of carbonyl (C=O) groups is 1. The molecule has 0 spiro atoms. The van der Waals surface area contributed by atoms with E-state index in [1.807, 2.05) is 31.7 Å². The van der Waals surface area contributed by atoms with Gasteiger partial charge in [0.1, 0.15) is 18.0 Å². The fraction of sp³-hybridized carbons (Fsp3) is 0.588. The van der Waals surface area contributed by atoms with E-state index in [2.05, 4.69) is 15.2 Å². The Balaban J connectivity index is 1.89. The lowest BCUT2D eigenvalue weighted by molar-refractivity contribution is -0.646. The van der Waals surface area contributed by atoms with Crippen LogP contribution in [0.2, 0.25) is 0 Å². The maximum Gasteiger partial charge on any atom is 0.306 e. The van der Waals surface area contributed by atoms with Crippen LogP contribution in [0.25, 0.3) is 11.2 Å². The first-order valence-corrected chi connectivity index (χ1v) is 8.43. The quantitative estimate of drug-likeness (QED) is 0.705. The predicted octanol–water partition coefficient (Wildman–Crippen LogP) is 0.736. The molecule has 1 aliphatic heterocycles. The van der Waals surface area contributed by atoms with Crippen molar-refractivity contribution in [1.29, 1.82) is 0 Å². The number of nitrogens with zero attached hydrogens (tertiary/aromatic N) is 3. The molecule has 0 aliphatic carbocycles. The molecule has 130 valence electrons. The van der Waals surface area contributed by atoms with Crippen LogP contribution < -0.4 is 14.8 Å². The summed E-state index contributed by atoms with van der Waals surface area (Å²) in [5.74, 6) is 0.737. The van der Waals surface area contributed by atoms with Crippen LogP contribution in [0.1, 0.15) is 37.0 Å². The average molecular weight is 332 g/mol. The van der Waals surface area contributed by atoms with Crippen molar-refractivity contribution in [3.63, 3.8) is 0 Å². The number of hydrogen-bond donors (Lipinski definition) is 3. The third kappa shape index (κ3) is 3.21. The van der Waals surface area contributed by atoms with Gasteiger partial charge < -0.3 is 15.3 Å². The molecular weight excluding hydrogens is 306 g/mol. The molecule has 0 bridgehead atoms. The molecule has 2 aromatic rings. The SMILES string of the molecule is C[n+]1cc(N2CCCC2)nc2c(C(=O)NCC(C)(C)CO)c[nH]c21. The zero-order valence-corrected chi connectivity index (χ0v) is 14.6. The molecule has 1 amide bonds. The highest BCUT2D eigenvalue weighted by atomic mass is 16.3. The standard InChI is InChI=1S/C17H25N5O2/c1-17(2,11-23)10-19-16(24)12-8-18-15-14(12)20-13(9-21(15)3)22-6-4-5-7-22/h8-9,23H,4-7,10-11H2,1-3H3,(H,19,24)/p+1. The number of H-pyrrole nitrogens is 1. The van der Waals surface area contributed by atoms with Crippen LogP contribution in [0.4, 0.5) is 5.82 Å². The molecule has 3 heterocycles. The van der Waals surface area contributed by atoms with Crippen molar-refractivity contribution in [1.82, 2.24) is 15.3 Å². The van der Waals surface area contributed by atoms with Gasteiger partial charge in [0.05, 0.1) is 7.05 Å². The zero-order valence-electron chi connectivity index (χ0n) is 14.6. The highest BCUT2D eigenvalue weighted by Gasteiger charge is 2.25. The average Bonchev–Trinajstić information content (AvgIpc) is 3.22. The Labute approximate surface area is 141 Å². The van der Waals surface area contributed by atoms with Crippen LogP contribution in [0, 0.1) is 5.41 Å². The van der Waals surface area contributed by atoms with Crippen molar-refractivity contribution in [2.75, 3.05) is 31.1 Å². The van der Waals surface area contributed by atoms with E-state index in [-0.39, 0.29) is 17.9 Å². The summed E-state index contributed by atoms with van der Waals surface area (Å²) in [4.78, 5) is 22.7. The van der Waals surface area contributed by atoms with E-state index in [9.17, 15) is 9.90 Å². The van der Waals surface area contributed by atoms with E-state index in [0.717, 1.165) is 24.6 Å². The van der Waals surface area contributed by atoms with E-state index in [0.29, 0.717) is 17.6 Å². The van der Waals surface area contributed by atoms with Gasteiger partial charge >= 0.3 is 5.65 Å². The molecule has 1 fully saturated rings. The number of fused-ring (bicyclic) bond motifs is 1. The van der Waals surface area contributed by atoms with E-state index in [1.165, 1.54) is 12.8 Å². The number of amides is 1. The molecule has 7 nitrogen and oxygen atoms in total. The highest BCUT2D eigenvalue weighted by molar-refractivity contribution is 6.04. The lowest BCUT2D eigenvalue weighted by Crippen LogP contribution is -2.36. The maximum atomic E-state index is 12.6. The van der Waals surface area contributed by atoms with E-state index in [4.69, 9.17) is 4.98 Å². The summed E-state index contributed by atoms with van der Waals surface area (Å²) in [6.07, 6.45) is 6.06. The number of aromatic nitrogens is 3. The number of hydrogen-bond acceptors (Lipinski definition) is 4. The fourth-order valence-electron chi connectivity index (χ4n) is 2.91. The maximum absolute atomic E-state index is 12.6. The lowest BCUT2D eigenvalue weighted by Gasteiger charge is -2.21. The molecule has 7 heteroatoms. The van der Waals surface area contributed by atoms with Gasteiger partial charge in [-0.3, -0.25) is 4.79 Å². The van der Waals surface area contributed by atoms with Gasteiger partial charge in [0.15, 0.2) is 11.3 Å². The van der Waals surface area contributed by atoms with Crippen molar-refractivity contribution in [2.45, 2.75) is 26.7 Å². The third-order valence-electron chi connectivity index (χ3n) is 4.55. The van der Waals surface area contributed by atoms with Crippen molar-refractivity contribution in [2.24, 2.45) is 12.5 Å². The Morgan fingerprint density at radius 1 is 1.46 bits per heavy atom. The Hall–Kier alpha value is -2.15. The van der Waals surface area contributed by atoms with E-state index < -0.39 is 0 Å². The van der Waals surface area contributed by atoms with Crippen LogP contribution in [-0.4, -0.2) is 47.2 Å². The zero-order chi connectivity index (χ0) is 17.3. The Morgan fingerprint density at radius 3 is 2.83 bits per heavy atom. The minimum atomic E-state index is -0.347. The number of aromatic amines is 1. The fourth-order valence-corrected chi connectivity index (χ4v) is 2.91. The number of aliphatic hydroxyl groups is 1. The van der Waals surface area contributed by atoms with Gasteiger partial charge in [-0.25, -0.2) is 14.5 Å². The van der Waals surface area contributed by atoms with Crippen LogP contribution in [0.3, 0.4) is 0 Å².